The van der Waals surface area contributed by atoms with E-state index in [9.17, 15) is 4.79 Å². The van der Waals surface area contributed by atoms with E-state index >= 15 is 0 Å². The fraction of sp³-hybridized carbons (Fsp3) is 0.526. The third kappa shape index (κ3) is 3.18. The standard InChI is InChI=1S/C19H24O3/c1-2-3-4-7-12-21-14-10-11-16-15-8-5-6-9-17(15)19(20)22-18(16)13-14/h10-11,13H,2-9,12H2,1H3. The van der Waals surface area contributed by atoms with Crippen LogP contribution < -0.4 is 10.4 Å². The molecule has 1 aliphatic rings. The molecular formula is C19H24O3. The lowest BCUT2D eigenvalue weighted by atomic mass is 9.91. The molecule has 0 amide bonds. The smallest absolute Gasteiger partial charge is 0.339 e. The fourth-order valence-corrected chi connectivity index (χ4v) is 3.23. The minimum Gasteiger partial charge on any atom is -0.493 e. The third-order valence-corrected chi connectivity index (χ3v) is 4.46. The van der Waals surface area contributed by atoms with Gasteiger partial charge in [-0.15, -0.1) is 0 Å². The van der Waals surface area contributed by atoms with Crippen LogP contribution in [0.25, 0.3) is 11.0 Å². The van der Waals surface area contributed by atoms with Gasteiger partial charge in [0, 0.05) is 17.0 Å². The SMILES string of the molecule is CCCCCCOc1ccc2c3c(c(=O)oc2c1)CCCC3. The molecule has 0 atom stereocenters. The number of rotatable bonds is 6. The molecular weight excluding hydrogens is 276 g/mol. The molecule has 1 heterocycles. The van der Waals surface area contributed by atoms with Crippen LogP contribution in [0.4, 0.5) is 0 Å². The van der Waals surface area contributed by atoms with Gasteiger partial charge in [0.2, 0.25) is 0 Å². The van der Waals surface area contributed by atoms with Gasteiger partial charge in [0.15, 0.2) is 0 Å². The van der Waals surface area contributed by atoms with Crippen molar-refractivity contribution in [1.29, 1.82) is 0 Å². The molecule has 3 rings (SSSR count). The summed E-state index contributed by atoms with van der Waals surface area (Å²) in [7, 11) is 0. The lowest BCUT2D eigenvalue weighted by Gasteiger charge is -2.16. The fourth-order valence-electron chi connectivity index (χ4n) is 3.23. The summed E-state index contributed by atoms with van der Waals surface area (Å²) in [5.74, 6) is 0.794. The average Bonchev–Trinajstić information content (AvgIpc) is 2.55. The van der Waals surface area contributed by atoms with E-state index in [4.69, 9.17) is 9.15 Å². The molecule has 0 saturated carbocycles. The lowest BCUT2D eigenvalue weighted by molar-refractivity contribution is 0.305. The normalized spacial score (nSPS) is 14.0. The molecule has 0 fully saturated rings. The molecule has 0 bridgehead atoms. The monoisotopic (exact) mass is 300 g/mol. The van der Waals surface area contributed by atoms with Crippen LogP contribution in [0.5, 0.6) is 5.75 Å². The molecule has 0 unspecified atom stereocenters. The molecule has 1 aromatic heterocycles. The predicted octanol–water partition coefficient (Wildman–Crippen LogP) is 4.63. The first-order valence-electron chi connectivity index (χ1n) is 8.51. The number of fused-ring (bicyclic) bond motifs is 3. The molecule has 1 aromatic carbocycles. The molecule has 3 nitrogen and oxygen atoms in total. The summed E-state index contributed by atoms with van der Waals surface area (Å²) in [6.45, 7) is 2.92. The van der Waals surface area contributed by atoms with Gasteiger partial charge in [0.05, 0.1) is 6.61 Å². The summed E-state index contributed by atoms with van der Waals surface area (Å²) in [6.07, 6.45) is 8.82. The van der Waals surface area contributed by atoms with Gasteiger partial charge in [-0.3, -0.25) is 0 Å². The second-order valence-electron chi connectivity index (χ2n) is 6.12. The Hall–Kier alpha value is -1.77. The Morgan fingerprint density at radius 3 is 2.73 bits per heavy atom. The quantitative estimate of drug-likeness (QED) is 0.576. The molecule has 0 N–H and O–H groups in total. The minimum absolute atomic E-state index is 0.165. The molecule has 1 aliphatic carbocycles. The predicted molar refractivity (Wildman–Crippen MR) is 88.8 cm³/mol. The van der Waals surface area contributed by atoms with Crippen molar-refractivity contribution in [2.45, 2.75) is 58.3 Å². The summed E-state index contributed by atoms with van der Waals surface area (Å²) < 4.78 is 11.3. The first-order valence-corrected chi connectivity index (χ1v) is 8.51. The highest BCUT2D eigenvalue weighted by atomic mass is 16.5. The Morgan fingerprint density at radius 2 is 1.91 bits per heavy atom. The second-order valence-corrected chi connectivity index (χ2v) is 6.12. The summed E-state index contributed by atoms with van der Waals surface area (Å²) in [5, 5.41) is 1.08. The first kappa shape index (κ1) is 15.1. The zero-order valence-corrected chi connectivity index (χ0v) is 13.3. The van der Waals surface area contributed by atoms with Gasteiger partial charge >= 0.3 is 5.63 Å². The van der Waals surface area contributed by atoms with Crippen molar-refractivity contribution in [3.8, 4) is 5.75 Å². The topological polar surface area (TPSA) is 39.4 Å². The molecule has 0 spiro atoms. The highest BCUT2D eigenvalue weighted by molar-refractivity contribution is 5.82. The van der Waals surface area contributed by atoms with Crippen LogP contribution in [0, 0.1) is 0 Å². The maximum Gasteiger partial charge on any atom is 0.339 e. The molecule has 0 radical (unpaired) electrons. The molecule has 22 heavy (non-hydrogen) atoms. The summed E-state index contributed by atoms with van der Waals surface area (Å²) >= 11 is 0. The number of unbranched alkanes of at least 4 members (excludes halogenated alkanes) is 3. The maximum absolute atomic E-state index is 12.1. The Balaban J connectivity index is 1.80. The van der Waals surface area contributed by atoms with Crippen molar-refractivity contribution < 1.29 is 9.15 Å². The zero-order chi connectivity index (χ0) is 15.4. The number of hydrogen-bond donors (Lipinski definition) is 0. The van der Waals surface area contributed by atoms with Crippen LogP contribution in [0.2, 0.25) is 0 Å². The van der Waals surface area contributed by atoms with Gasteiger partial charge in [-0.25, -0.2) is 4.79 Å². The zero-order valence-electron chi connectivity index (χ0n) is 13.3. The van der Waals surface area contributed by atoms with Crippen molar-refractivity contribution in [2.75, 3.05) is 6.61 Å². The highest BCUT2D eigenvalue weighted by Crippen LogP contribution is 2.29. The van der Waals surface area contributed by atoms with E-state index in [1.165, 1.54) is 24.8 Å². The molecule has 0 aliphatic heterocycles. The van der Waals surface area contributed by atoms with E-state index < -0.39 is 0 Å². The van der Waals surface area contributed by atoms with Crippen molar-refractivity contribution in [3.63, 3.8) is 0 Å². The van der Waals surface area contributed by atoms with E-state index in [1.54, 1.807) is 0 Å². The molecule has 3 heteroatoms. The van der Waals surface area contributed by atoms with Crippen molar-refractivity contribution >= 4 is 11.0 Å². The number of hydrogen-bond acceptors (Lipinski definition) is 3. The van der Waals surface area contributed by atoms with Crippen LogP contribution in [-0.4, -0.2) is 6.61 Å². The van der Waals surface area contributed by atoms with Crippen LogP contribution in [0.15, 0.2) is 27.4 Å². The number of benzene rings is 1. The van der Waals surface area contributed by atoms with Crippen LogP contribution in [0.3, 0.4) is 0 Å². The molecule has 118 valence electrons. The number of aryl methyl sites for hydroxylation is 1. The van der Waals surface area contributed by atoms with Crippen molar-refractivity contribution in [2.24, 2.45) is 0 Å². The Kier molecular flexibility index (Phi) is 4.81. The molecule has 0 saturated heterocycles. The summed E-state index contributed by atoms with van der Waals surface area (Å²) in [4.78, 5) is 12.1. The van der Waals surface area contributed by atoms with Crippen LogP contribution >= 0.6 is 0 Å². The Morgan fingerprint density at radius 1 is 1.09 bits per heavy atom. The van der Waals surface area contributed by atoms with Gasteiger partial charge in [-0.1, -0.05) is 26.2 Å². The van der Waals surface area contributed by atoms with Gasteiger partial charge in [-0.05, 0) is 49.8 Å². The van der Waals surface area contributed by atoms with E-state index in [1.807, 2.05) is 18.2 Å². The van der Waals surface area contributed by atoms with Crippen LogP contribution in [-0.2, 0) is 12.8 Å². The molecule has 2 aromatic rings. The van der Waals surface area contributed by atoms with E-state index in [2.05, 4.69) is 6.92 Å². The highest BCUT2D eigenvalue weighted by Gasteiger charge is 2.18. The average molecular weight is 300 g/mol. The van der Waals surface area contributed by atoms with Gasteiger partial charge in [0.1, 0.15) is 11.3 Å². The minimum atomic E-state index is -0.165. The maximum atomic E-state index is 12.1. The van der Waals surface area contributed by atoms with Gasteiger partial charge < -0.3 is 9.15 Å². The van der Waals surface area contributed by atoms with E-state index in [0.717, 1.165) is 55.4 Å². The first-order chi connectivity index (χ1) is 10.8. The summed E-state index contributed by atoms with van der Waals surface area (Å²) in [6, 6.07) is 5.91. The number of ether oxygens (including phenoxy) is 1. The van der Waals surface area contributed by atoms with Gasteiger partial charge in [-0.2, -0.15) is 0 Å². The van der Waals surface area contributed by atoms with Crippen molar-refractivity contribution in [1.82, 2.24) is 0 Å². The van der Waals surface area contributed by atoms with Crippen molar-refractivity contribution in [3.05, 3.63) is 39.7 Å². The summed E-state index contributed by atoms with van der Waals surface area (Å²) in [5.41, 5.74) is 2.57. The largest absolute Gasteiger partial charge is 0.493 e. The lowest BCUT2D eigenvalue weighted by Crippen LogP contribution is -2.15. The third-order valence-electron chi connectivity index (χ3n) is 4.46. The van der Waals surface area contributed by atoms with Gasteiger partial charge in [0.25, 0.3) is 0 Å². The van der Waals surface area contributed by atoms with Crippen LogP contribution in [0.1, 0.15) is 56.6 Å². The Labute approximate surface area is 131 Å². The van der Waals surface area contributed by atoms with E-state index in [0.29, 0.717) is 5.58 Å². The van der Waals surface area contributed by atoms with E-state index in [-0.39, 0.29) is 5.63 Å². The second kappa shape index (κ2) is 6.99. The Bertz CT molecular complexity index is 700.